The summed E-state index contributed by atoms with van der Waals surface area (Å²) in [6.45, 7) is 2.05. The van der Waals surface area contributed by atoms with Crippen LogP contribution in [0.25, 0.3) is 11.3 Å². The van der Waals surface area contributed by atoms with Crippen LogP contribution >= 0.6 is 0 Å². The average molecular weight is 479 g/mol. The molecule has 0 bridgehead atoms. The molecule has 2 N–H and O–H groups in total. The van der Waals surface area contributed by atoms with E-state index in [2.05, 4.69) is 15.4 Å². The molecule has 4 rings (SSSR count). The van der Waals surface area contributed by atoms with Crippen molar-refractivity contribution in [2.75, 3.05) is 0 Å². The van der Waals surface area contributed by atoms with Crippen molar-refractivity contribution >= 4 is 12.1 Å². The van der Waals surface area contributed by atoms with Crippen molar-refractivity contribution in [1.29, 1.82) is 0 Å². The van der Waals surface area contributed by atoms with Gasteiger partial charge < -0.3 is 19.9 Å². The van der Waals surface area contributed by atoms with Crippen LogP contribution in [0.15, 0.2) is 54.9 Å². The third-order valence-corrected chi connectivity index (χ3v) is 6.30. The van der Waals surface area contributed by atoms with Gasteiger partial charge in [0.15, 0.2) is 0 Å². The lowest BCUT2D eigenvalue weighted by molar-refractivity contribution is -0.143. The number of carboxylic acid groups (broad SMARTS) is 1. The van der Waals surface area contributed by atoms with Gasteiger partial charge in [-0.05, 0) is 50.3 Å². The van der Waals surface area contributed by atoms with E-state index in [0.717, 1.165) is 29.7 Å². The summed E-state index contributed by atoms with van der Waals surface area (Å²) >= 11 is 0. The Bertz CT molecular complexity index is 1150. The summed E-state index contributed by atoms with van der Waals surface area (Å²) in [6.07, 6.45) is 5.21. The summed E-state index contributed by atoms with van der Waals surface area (Å²) in [5.41, 5.74) is 3.19. The lowest BCUT2D eigenvalue weighted by Gasteiger charge is -2.27. The van der Waals surface area contributed by atoms with Gasteiger partial charge in [-0.25, -0.2) is 4.79 Å². The first kappa shape index (κ1) is 24.3. The number of amides is 1. The van der Waals surface area contributed by atoms with Crippen LogP contribution in [-0.4, -0.2) is 38.0 Å². The zero-order valence-corrected chi connectivity index (χ0v) is 19.9. The van der Waals surface area contributed by atoms with Gasteiger partial charge in [-0.3, -0.25) is 14.5 Å². The molecule has 0 spiro atoms. The fourth-order valence-corrected chi connectivity index (χ4v) is 4.31. The van der Waals surface area contributed by atoms with E-state index >= 15 is 0 Å². The number of nitrogens with zero attached hydrogens (tertiary/aromatic N) is 3. The molecule has 2 aromatic heterocycles. The van der Waals surface area contributed by atoms with E-state index in [1.54, 1.807) is 24.1 Å². The minimum Gasteiger partial charge on any atom is -0.489 e. The second kappa shape index (κ2) is 11.0. The fourth-order valence-electron chi connectivity index (χ4n) is 4.31. The summed E-state index contributed by atoms with van der Waals surface area (Å²) in [4.78, 5) is 28.2. The predicted molar refractivity (Wildman–Crippen MR) is 129 cm³/mol. The highest BCUT2D eigenvalue weighted by Crippen LogP contribution is 2.29. The summed E-state index contributed by atoms with van der Waals surface area (Å²) in [5.74, 6) is -0.511. The number of benzene rings is 1. The Morgan fingerprint density at radius 1 is 1.17 bits per heavy atom. The highest BCUT2D eigenvalue weighted by molar-refractivity contribution is 5.70. The quantitative estimate of drug-likeness (QED) is 0.490. The molecule has 2 heterocycles. The number of ether oxygens (including phenoxy) is 2. The minimum absolute atomic E-state index is 0.125. The molecule has 0 radical (unpaired) electrons. The van der Waals surface area contributed by atoms with E-state index in [1.807, 2.05) is 49.4 Å². The molecule has 1 fully saturated rings. The van der Waals surface area contributed by atoms with Crippen molar-refractivity contribution in [3.05, 3.63) is 66.1 Å². The second-order valence-electron chi connectivity index (χ2n) is 8.76. The number of aryl methyl sites for hydroxylation is 1. The molecule has 1 aliphatic rings. The van der Waals surface area contributed by atoms with Gasteiger partial charge in [0.05, 0.1) is 42.3 Å². The van der Waals surface area contributed by atoms with Crippen LogP contribution < -0.4 is 10.1 Å². The van der Waals surface area contributed by atoms with E-state index in [0.29, 0.717) is 24.3 Å². The Hall–Kier alpha value is -3.88. The van der Waals surface area contributed by atoms with Gasteiger partial charge in [0.2, 0.25) is 0 Å². The molecule has 1 amide bonds. The maximum atomic E-state index is 12.3. The van der Waals surface area contributed by atoms with Gasteiger partial charge in [-0.2, -0.15) is 5.10 Å². The van der Waals surface area contributed by atoms with Crippen LogP contribution in [0.5, 0.6) is 5.75 Å². The number of carbonyl (C=O) groups excluding carboxylic acids is 1. The zero-order chi connectivity index (χ0) is 24.8. The second-order valence-corrected chi connectivity index (χ2v) is 8.76. The maximum Gasteiger partial charge on any atom is 0.408 e. The Labute approximate surface area is 204 Å². The molecule has 3 atom stereocenters. The molecule has 35 heavy (non-hydrogen) atoms. The predicted octanol–water partition coefficient (Wildman–Crippen LogP) is 4.49. The van der Waals surface area contributed by atoms with E-state index in [9.17, 15) is 14.7 Å². The molecule has 0 aliphatic heterocycles. The van der Waals surface area contributed by atoms with Crippen LogP contribution in [0.1, 0.15) is 50.0 Å². The smallest absolute Gasteiger partial charge is 0.408 e. The number of aliphatic carboxylic acids is 1. The lowest BCUT2D eigenvalue weighted by atomic mass is 9.87. The first-order valence-corrected chi connectivity index (χ1v) is 11.8. The van der Waals surface area contributed by atoms with Crippen molar-refractivity contribution in [2.45, 2.75) is 51.4 Å². The van der Waals surface area contributed by atoms with E-state index < -0.39 is 12.1 Å². The molecule has 1 unspecified atom stereocenters. The van der Waals surface area contributed by atoms with E-state index in [-0.39, 0.29) is 24.7 Å². The van der Waals surface area contributed by atoms with Crippen LogP contribution in [0.2, 0.25) is 0 Å². The first-order chi connectivity index (χ1) is 16.9. The molecule has 1 saturated carbocycles. The van der Waals surface area contributed by atoms with Crippen LogP contribution in [0.3, 0.4) is 0 Å². The Morgan fingerprint density at radius 2 is 1.97 bits per heavy atom. The number of rotatable bonds is 8. The Morgan fingerprint density at radius 3 is 2.69 bits per heavy atom. The molecule has 184 valence electrons. The zero-order valence-electron chi connectivity index (χ0n) is 19.9. The SMILES string of the molecule is CC(OC(=O)NCc1c(-c2ccc(O[C@H]3CCC[C@H](C(=O)O)C3)cn2)cnn1C)c1ccccc1. The Kier molecular flexibility index (Phi) is 7.64. The molecule has 9 nitrogen and oxygen atoms in total. The largest absolute Gasteiger partial charge is 0.489 e. The molecule has 9 heteroatoms. The van der Waals surface area contributed by atoms with Crippen LogP contribution in [0.4, 0.5) is 4.79 Å². The molecular formula is C26H30N4O5. The van der Waals surface area contributed by atoms with E-state index in [1.165, 1.54) is 0 Å². The number of alkyl carbamates (subject to hydrolysis) is 1. The number of pyridine rings is 1. The third kappa shape index (κ3) is 6.17. The molecule has 0 saturated heterocycles. The summed E-state index contributed by atoms with van der Waals surface area (Å²) in [7, 11) is 1.80. The standard InChI is InChI=1S/C26H30N4O5/c1-17(18-7-4-3-5-8-18)34-26(33)28-16-24-22(15-29-30(24)2)23-12-11-21(14-27-23)35-20-10-6-9-19(13-20)25(31)32/h3-5,7-8,11-12,14-15,17,19-20H,6,9-10,13,16H2,1-2H3,(H,28,33)(H,31,32)/t17?,19-,20-/m0/s1. The third-order valence-electron chi connectivity index (χ3n) is 6.30. The normalized spacial score (nSPS) is 18.5. The highest BCUT2D eigenvalue weighted by Gasteiger charge is 2.28. The minimum atomic E-state index is -0.761. The number of carbonyl (C=O) groups is 2. The van der Waals surface area contributed by atoms with Gasteiger partial charge in [0.25, 0.3) is 0 Å². The van der Waals surface area contributed by atoms with E-state index in [4.69, 9.17) is 9.47 Å². The van der Waals surface area contributed by atoms with Gasteiger partial charge in [0.1, 0.15) is 11.9 Å². The summed E-state index contributed by atoms with van der Waals surface area (Å²) in [6, 6.07) is 13.2. The maximum absolute atomic E-state index is 12.3. The summed E-state index contributed by atoms with van der Waals surface area (Å²) in [5, 5.41) is 16.4. The lowest BCUT2D eigenvalue weighted by Crippen LogP contribution is -2.29. The van der Waals surface area contributed by atoms with Crippen molar-refractivity contribution in [1.82, 2.24) is 20.1 Å². The van der Waals surface area contributed by atoms with Gasteiger partial charge in [-0.1, -0.05) is 30.3 Å². The Balaban J connectivity index is 1.36. The monoisotopic (exact) mass is 478 g/mol. The molecule has 1 aromatic carbocycles. The molecule has 1 aliphatic carbocycles. The van der Waals surface area contributed by atoms with Gasteiger partial charge in [-0.15, -0.1) is 0 Å². The number of carboxylic acids is 1. The van der Waals surface area contributed by atoms with Crippen LogP contribution in [-0.2, 0) is 23.1 Å². The number of hydrogen-bond donors (Lipinski definition) is 2. The van der Waals surface area contributed by atoms with Gasteiger partial charge >= 0.3 is 12.1 Å². The number of aromatic nitrogens is 3. The first-order valence-electron chi connectivity index (χ1n) is 11.8. The topological polar surface area (TPSA) is 116 Å². The molecule has 3 aromatic rings. The number of nitrogens with one attached hydrogen (secondary N) is 1. The summed E-state index contributed by atoms with van der Waals surface area (Å²) < 4.78 is 13.2. The van der Waals surface area contributed by atoms with Crippen molar-refractivity contribution in [2.24, 2.45) is 13.0 Å². The van der Waals surface area contributed by atoms with Crippen LogP contribution in [0, 0.1) is 5.92 Å². The van der Waals surface area contributed by atoms with Crippen molar-refractivity contribution in [3.8, 4) is 17.0 Å². The number of hydrogen-bond acceptors (Lipinski definition) is 6. The fraction of sp³-hybridized carbons (Fsp3) is 0.385. The average Bonchev–Trinajstić information content (AvgIpc) is 3.24. The van der Waals surface area contributed by atoms with Crippen molar-refractivity contribution in [3.63, 3.8) is 0 Å². The van der Waals surface area contributed by atoms with Gasteiger partial charge in [0, 0.05) is 12.6 Å². The van der Waals surface area contributed by atoms with Crippen molar-refractivity contribution < 1.29 is 24.2 Å². The highest BCUT2D eigenvalue weighted by atomic mass is 16.6. The molecular weight excluding hydrogens is 448 g/mol.